The predicted octanol–water partition coefficient (Wildman–Crippen LogP) is -9.84. The molecular formula is C34H62O25. The van der Waals surface area contributed by atoms with Gasteiger partial charge in [-0.1, -0.05) is 20.8 Å². The zero-order valence-electron chi connectivity index (χ0n) is 32.5. The molecule has 0 aromatic rings. The van der Waals surface area contributed by atoms with Crippen molar-refractivity contribution in [1.29, 1.82) is 0 Å². The van der Waals surface area contributed by atoms with Crippen molar-refractivity contribution in [1.82, 2.24) is 0 Å². The molecule has 0 saturated carbocycles. The number of hydrogen-bond acceptors (Lipinski definition) is 25. The highest BCUT2D eigenvalue weighted by Gasteiger charge is 2.55. The molecule has 4 aliphatic rings. The van der Waals surface area contributed by atoms with Gasteiger partial charge < -0.3 is 125 Å². The van der Waals surface area contributed by atoms with Crippen molar-refractivity contribution in [2.75, 3.05) is 33.0 Å². The molecule has 4 heterocycles. The predicted molar refractivity (Wildman–Crippen MR) is 186 cm³/mol. The molecule has 24 atom stereocenters. The summed E-state index contributed by atoms with van der Waals surface area (Å²) >= 11 is 0. The molecule has 0 aliphatic carbocycles. The van der Waals surface area contributed by atoms with Gasteiger partial charge in [0.1, 0.15) is 116 Å². The van der Waals surface area contributed by atoms with Crippen LogP contribution in [0.3, 0.4) is 0 Å². The standard InChI is InChI=1S/C34H62O25/c1-34(2,3)4-10(40)16(42)26(11(41)5-35)56-31-23(49)19(45)28(13(7-37)53-31)58-33-25(51)21(47)29(15(9-39)55-33)59-32-24(50)20(46)27(14(8-38)54-32)57-30-22(48)18(44)17(43)12(6-36)52-30/h10-33,35-51H,4-9H2,1-3H3/t10-,11+,12+,13+,14+,15+,16+,17+,18-,19+,20+,21+,22+,23+,24+,25+,26+,27+,28+,29+,30+,31+,32+,33+/m0/s1. The first-order chi connectivity index (χ1) is 27.6. The van der Waals surface area contributed by atoms with E-state index in [1.54, 1.807) is 20.8 Å². The molecule has 0 bridgehead atoms. The Balaban J connectivity index is 1.43. The van der Waals surface area contributed by atoms with E-state index in [1.807, 2.05) is 0 Å². The fourth-order valence-electron chi connectivity index (χ4n) is 7.27. The van der Waals surface area contributed by atoms with E-state index in [4.69, 9.17) is 37.9 Å². The van der Waals surface area contributed by atoms with Gasteiger partial charge in [-0.25, -0.2) is 0 Å². The highest BCUT2D eigenvalue weighted by Crippen LogP contribution is 2.35. The molecule has 59 heavy (non-hydrogen) atoms. The molecule has 0 unspecified atom stereocenters. The number of aliphatic hydroxyl groups excluding tert-OH is 17. The average molecular weight is 871 g/mol. The summed E-state index contributed by atoms with van der Waals surface area (Å²) < 4.78 is 44.3. The Morgan fingerprint density at radius 1 is 0.441 bits per heavy atom. The third-order valence-electron chi connectivity index (χ3n) is 10.6. The van der Waals surface area contributed by atoms with Gasteiger partial charge in [-0.2, -0.15) is 0 Å². The zero-order valence-corrected chi connectivity index (χ0v) is 32.5. The third-order valence-corrected chi connectivity index (χ3v) is 10.6. The largest absolute Gasteiger partial charge is 0.394 e. The fraction of sp³-hybridized carbons (Fsp3) is 1.00. The fourth-order valence-corrected chi connectivity index (χ4v) is 7.27. The maximum atomic E-state index is 11.1. The molecule has 0 spiro atoms. The quantitative estimate of drug-likeness (QED) is 0.0645. The summed E-state index contributed by atoms with van der Waals surface area (Å²) in [5.41, 5.74) is -0.503. The summed E-state index contributed by atoms with van der Waals surface area (Å²) in [5, 5.41) is 178. The molecule has 0 aromatic carbocycles. The molecule has 4 aliphatic heterocycles. The van der Waals surface area contributed by atoms with Gasteiger partial charge in [0.2, 0.25) is 0 Å². The number of rotatable bonds is 17. The Bertz CT molecular complexity index is 1240. The lowest BCUT2D eigenvalue weighted by molar-refractivity contribution is -0.390. The number of aliphatic hydroxyl groups is 17. The normalized spacial score (nSPS) is 45.8. The summed E-state index contributed by atoms with van der Waals surface area (Å²) in [6, 6.07) is 0. The number of hydrogen-bond donors (Lipinski definition) is 17. The van der Waals surface area contributed by atoms with E-state index < -0.39 is 186 Å². The molecule has 0 aromatic heterocycles. The van der Waals surface area contributed by atoms with E-state index in [-0.39, 0.29) is 6.42 Å². The molecule has 25 heteroatoms. The lowest BCUT2D eigenvalue weighted by atomic mass is 9.86. The van der Waals surface area contributed by atoms with Crippen LogP contribution in [0.4, 0.5) is 0 Å². The highest BCUT2D eigenvalue weighted by molar-refractivity contribution is 4.98. The molecule has 0 radical (unpaired) electrons. The van der Waals surface area contributed by atoms with Gasteiger partial charge >= 0.3 is 0 Å². The van der Waals surface area contributed by atoms with E-state index in [1.165, 1.54) is 0 Å². The van der Waals surface area contributed by atoms with E-state index >= 15 is 0 Å². The Labute approximate surface area is 337 Å². The second kappa shape index (κ2) is 21.6. The third kappa shape index (κ3) is 11.6. The van der Waals surface area contributed by atoms with Crippen LogP contribution in [0.25, 0.3) is 0 Å². The summed E-state index contributed by atoms with van der Waals surface area (Å²) in [5.74, 6) is 0. The van der Waals surface area contributed by atoms with Gasteiger partial charge in [-0.15, -0.1) is 0 Å². The molecule has 4 saturated heterocycles. The van der Waals surface area contributed by atoms with Crippen molar-refractivity contribution in [3.05, 3.63) is 0 Å². The van der Waals surface area contributed by atoms with Crippen LogP contribution in [0.1, 0.15) is 27.2 Å². The maximum Gasteiger partial charge on any atom is 0.187 e. The van der Waals surface area contributed by atoms with Crippen LogP contribution >= 0.6 is 0 Å². The van der Waals surface area contributed by atoms with Crippen LogP contribution < -0.4 is 0 Å². The minimum atomic E-state index is -2.12. The first-order valence-electron chi connectivity index (χ1n) is 19.1. The monoisotopic (exact) mass is 870 g/mol. The maximum absolute atomic E-state index is 11.1. The lowest BCUT2D eigenvalue weighted by Gasteiger charge is -2.49. The van der Waals surface area contributed by atoms with Crippen molar-refractivity contribution in [2.45, 2.75) is 174 Å². The second-order valence-corrected chi connectivity index (χ2v) is 16.3. The van der Waals surface area contributed by atoms with E-state index in [9.17, 15) is 86.8 Å². The molecular weight excluding hydrogens is 808 g/mol. The molecule has 348 valence electrons. The van der Waals surface area contributed by atoms with Gasteiger partial charge in [0.25, 0.3) is 0 Å². The Kier molecular flexibility index (Phi) is 18.5. The van der Waals surface area contributed by atoms with Crippen LogP contribution in [0.15, 0.2) is 0 Å². The topological polar surface area (TPSA) is 418 Å². The summed E-state index contributed by atoms with van der Waals surface area (Å²) in [6.45, 7) is 0.649. The first-order valence-corrected chi connectivity index (χ1v) is 19.1. The van der Waals surface area contributed by atoms with Crippen molar-refractivity contribution in [3.8, 4) is 0 Å². The zero-order chi connectivity index (χ0) is 44.3. The van der Waals surface area contributed by atoms with E-state index in [0.717, 1.165) is 0 Å². The minimum absolute atomic E-state index is 0.0116. The summed E-state index contributed by atoms with van der Waals surface area (Å²) in [6.07, 6.45) is -44.1. The van der Waals surface area contributed by atoms with Gasteiger partial charge in [0.15, 0.2) is 25.2 Å². The van der Waals surface area contributed by atoms with Gasteiger partial charge in [0, 0.05) is 0 Å². The molecule has 4 rings (SSSR count). The highest BCUT2D eigenvalue weighted by atomic mass is 16.8. The van der Waals surface area contributed by atoms with Crippen LogP contribution in [0.5, 0.6) is 0 Å². The molecule has 25 nitrogen and oxygen atoms in total. The lowest BCUT2D eigenvalue weighted by Crippen LogP contribution is -2.67. The first kappa shape index (κ1) is 50.6. The van der Waals surface area contributed by atoms with Crippen molar-refractivity contribution in [2.24, 2.45) is 5.41 Å². The second-order valence-electron chi connectivity index (χ2n) is 16.3. The van der Waals surface area contributed by atoms with Gasteiger partial charge in [-0.3, -0.25) is 0 Å². The van der Waals surface area contributed by atoms with E-state index in [0.29, 0.717) is 0 Å². The molecule has 17 N–H and O–H groups in total. The summed E-state index contributed by atoms with van der Waals surface area (Å²) in [7, 11) is 0. The minimum Gasteiger partial charge on any atom is -0.394 e. The molecule has 0 amide bonds. The van der Waals surface area contributed by atoms with Gasteiger partial charge in [0.05, 0.1) is 39.1 Å². The van der Waals surface area contributed by atoms with E-state index in [2.05, 4.69) is 0 Å². The van der Waals surface area contributed by atoms with Crippen molar-refractivity contribution < 1.29 is 125 Å². The Morgan fingerprint density at radius 2 is 0.780 bits per heavy atom. The van der Waals surface area contributed by atoms with Gasteiger partial charge in [-0.05, 0) is 11.8 Å². The van der Waals surface area contributed by atoms with Crippen LogP contribution in [-0.2, 0) is 37.9 Å². The van der Waals surface area contributed by atoms with Crippen LogP contribution in [0.2, 0.25) is 0 Å². The summed E-state index contributed by atoms with van der Waals surface area (Å²) in [4.78, 5) is 0. The SMILES string of the molecule is CC(C)(C)C[C@H](O)[C@@H](O)[C@H](O[C@H]1O[C@H](CO)[C@@H](O[C@H]2O[C@H](CO)[C@@H](O[C@H]3O[C@H](CO)[C@@H](O[C@H]4O[C@H](CO)[C@@H](O)[C@H](O)[C@H]4O)[C@H](O)[C@H]3O)[C@H](O)[C@H]2O)[C@H](O)[C@H]1O)[C@H](O)CO. The average Bonchev–Trinajstić information content (AvgIpc) is 3.20. The number of ether oxygens (including phenoxy) is 8. The van der Waals surface area contributed by atoms with Crippen molar-refractivity contribution >= 4 is 0 Å². The Morgan fingerprint density at radius 3 is 1.14 bits per heavy atom. The van der Waals surface area contributed by atoms with Crippen LogP contribution in [0, 0.1) is 5.41 Å². The van der Waals surface area contributed by atoms with Crippen LogP contribution in [-0.4, -0.2) is 267 Å². The molecule has 4 fully saturated rings. The van der Waals surface area contributed by atoms with Crippen molar-refractivity contribution in [3.63, 3.8) is 0 Å². The smallest absolute Gasteiger partial charge is 0.187 e. The Hall–Kier alpha value is -1.00.